The lowest BCUT2D eigenvalue weighted by atomic mass is 9.85. The average molecular weight is 253 g/mol. The van der Waals surface area contributed by atoms with Crippen LogP contribution in [0.25, 0.3) is 0 Å². The van der Waals surface area contributed by atoms with Crippen LogP contribution in [0, 0.1) is 5.92 Å². The molecule has 2 rings (SSSR count). The molecule has 0 amide bonds. The van der Waals surface area contributed by atoms with Gasteiger partial charge in [0, 0.05) is 0 Å². The van der Waals surface area contributed by atoms with Gasteiger partial charge in [0.05, 0.1) is 0 Å². The first kappa shape index (κ1) is 13.9. The van der Waals surface area contributed by atoms with Crippen molar-refractivity contribution in [1.82, 2.24) is 5.32 Å². The molecule has 0 bridgehead atoms. The standard InChI is InChI=1S/C15H27NO2/c1-3-12-7-6-8-13(11-12)18-14(17)15(2)9-4-5-10-16-15/h12-13,16H,3-11H2,1-2H3. The first-order chi connectivity index (χ1) is 8.64. The van der Waals surface area contributed by atoms with Crippen molar-refractivity contribution < 1.29 is 9.53 Å². The predicted molar refractivity (Wildman–Crippen MR) is 72.4 cm³/mol. The molecule has 0 radical (unpaired) electrons. The molecule has 1 N–H and O–H groups in total. The summed E-state index contributed by atoms with van der Waals surface area (Å²) in [7, 11) is 0. The molecule has 1 heterocycles. The molecular weight excluding hydrogens is 226 g/mol. The van der Waals surface area contributed by atoms with Crippen molar-refractivity contribution in [2.45, 2.75) is 76.9 Å². The number of piperidine rings is 1. The number of carbonyl (C=O) groups excluding carboxylic acids is 1. The highest BCUT2D eigenvalue weighted by Gasteiger charge is 2.37. The average Bonchev–Trinajstić information content (AvgIpc) is 2.40. The van der Waals surface area contributed by atoms with Gasteiger partial charge in [-0.05, 0) is 57.9 Å². The van der Waals surface area contributed by atoms with E-state index in [-0.39, 0.29) is 12.1 Å². The van der Waals surface area contributed by atoms with Gasteiger partial charge in [-0.2, -0.15) is 0 Å². The molecule has 3 unspecified atom stereocenters. The molecule has 0 aromatic heterocycles. The number of esters is 1. The number of rotatable bonds is 3. The van der Waals surface area contributed by atoms with Gasteiger partial charge in [-0.15, -0.1) is 0 Å². The lowest BCUT2D eigenvalue weighted by molar-refractivity contribution is -0.160. The van der Waals surface area contributed by atoms with Crippen molar-refractivity contribution >= 4 is 5.97 Å². The van der Waals surface area contributed by atoms with E-state index in [9.17, 15) is 4.79 Å². The minimum atomic E-state index is -0.433. The molecule has 3 heteroatoms. The fraction of sp³-hybridized carbons (Fsp3) is 0.933. The SMILES string of the molecule is CCC1CCCC(OC(=O)C2(C)CCCCN2)C1. The van der Waals surface area contributed by atoms with Crippen LogP contribution in [0.4, 0.5) is 0 Å². The van der Waals surface area contributed by atoms with Gasteiger partial charge in [-0.25, -0.2) is 0 Å². The van der Waals surface area contributed by atoms with Gasteiger partial charge < -0.3 is 10.1 Å². The lowest BCUT2D eigenvalue weighted by Gasteiger charge is -2.35. The Morgan fingerprint density at radius 1 is 1.33 bits per heavy atom. The largest absolute Gasteiger partial charge is 0.461 e. The van der Waals surface area contributed by atoms with Crippen molar-refractivity contribution in [3.63, 3.8) is 0 Å². The molecule has 2 fully saturated rings. The minimum absolute atomic E-state index is 0.0241. The van der Waals surface area contributed by atoms with Gasteiger partial charge >= 0.3 is 5.97 Å². The van der Waals surface area contributed by atoms with E-state index >= 15 is 0 Å². The first-order valence-electron chi connectivity index (χ1n) is 7.60. The summed E-state index contributed by atoms with van der Waals surface area (Å²) in [5.41, 5.74) is -0.433. The van der Waals surface area contributed by atoms with E-state index in [2.05, 4.69) is 12.2 Å². The molecule has 1 aliphatic heterocycles. The quantitative estimate of drug-likeness (QED) is 0.786. The summed E-state index contributed by atoms with van der Waals surface area (Å²) in [6, 6.07) is 0. The van der Waals surface area contributed by atoms with Crippen LogP contribution in [0.3, 0.4) is 0 Å². The van der Waals surface area contributed by atoms with Crippen LogP contribution in [-0.4, -0.2) is 24.2 Å². The summed E-state index contributed by atoms with van der Waals surface area (Å²) in [6.07, 6.45) is 9.22. The Balaban J connectivity index is 1.86. The summed E-state index contributed by atoms with van der Waals surface area (Å²) in [4.78, 5) is 12.3. The fourth-order valence-electron chi connectivity index (χ4n) is 3.23. The second-order valence-electron chi connectivity index (χ2n) is 6.18. The van der Waals surface area contributed by atoms with Crippen LogP contribution in [0.1, 0.15) is 65.2 Å². The van der Waals surface area contributed by atoms with Crippen LogP contribution >= 0.6 is 0 Å². The highest BCUT2D eigenvalue weighted by molar-refractivity contribution is 5.80. The number of carbonyl (C=O) groups is 1. The third-order valence-corrected chi connectivity index (χ3v) is 4.65. The summed E-state index contributed by atoms with van der Waals surface area (Å²) in [6.45, 7) is 5.17. The summed E-state index contributed by atoms with van der Waals surface area (Å²) in [5.74, 6) is 0.729. The van der Waals surface area contributed by atoms with Crippen molar-refractivity contribution in [3.05, 3.63) is 0 Å². The zero-order valence-electron chi connectivity index (χ0n) is 11.8. The maximum atomic E-state index is 12.3. The van der Waals surface area contributed by atoms with Crippen molar-refractivity contribution in [3.8, 4) is 0 Å². The molecule has 0 spiro atoms. The summed E-state index contributed by atoms with van der Waals surface area (Å²) >= 11 is 0. The molecule has 104 valence electrons. The molecule has 18 heavy (non-hydrogen) atoms. The van der Waals surface area contributed by atoms with Gasteiger partial charge in [0.15, 0.2) is 0 Å². The van der Waals surface area contributed by atoms with Crippen LogP contribution in [0.2, 0.25) is 0 Å². The Bertz CT molecular complexity index is 284. The predicted octanol–water partition coefficient (Wildman–Crippen LogP) is 3.03. The molecule has 3 nitrogen and oxygen atoms in total. The third-order valence-electron chi connectivity index (χ3n) is 4.65. The van der Waals surface area contributed by atoms with E-state index in [1.165, 1.54) is 25.7 Å². The Kier molecular flexibility index (Phi) is 4.66. The Hall–Kier alpha value is -0.570. The highest BCUT2D eigenvalue weighted by atomic mass is 16.5. The van der Waals surface area contributed by atoms with Crippen LogP contribution < -0.4 is 5.32 Å². The number of hydrogen-bond donors (Lipinski definition) is 1. The Labute approximate surface area is 111 Å². The Morgan fingerprint density at radius 2 is 2.17 bits per heavy atom. The molecular formula is C15H27NO2. The van der Waals surface area contributed by atoms with E-state index in [0.717, 1.165) is 38.1 Å². The first-order valence-corrected chi connectivity index (χ1v) is 7.60. The van der Waals surface area contributed by atoms with Crippen molar-refractivity contribution in [1.29, 1.82) is 0 Å². The highest BCUT2D eigenvalue weighted by Crippen LogP contribution is 2.30. The number of ether oxygens (including phenoxy) is 1. The van der Waals surface area contributed by atoms with E-state index < -0.39 is 5.54 Å². The van der Waals surface area contributed by atoms with Gasteiger partial charge in [-0.3, -0.25) is 4.79 Å². The summed E-state index contributed by atoms with van der Waals surface area (Å²) in [5, 5.41) is 3.34. The zero-order chi connectivity index (χ0) is 13.0. The fourth-order valence-corrected chi connectivity index (χ4v) is 3.23. The molecule has 0 aromatic carbocycles. The van der Waals surface area contributed by atoms with Gasteiger partial charge in [0.2, 0.25) is 0 Å². The Morgan fingerprint density at radius 3 is 2.83 bits per heavy atom. The number of nitrogens with one attached hydrogen (secondary N) is 1. The smallest absolute Gasteiger partial charge is 0.326 e. The lowest BCUT2D eigenvalue weighted by Crippen LogP contribution is -2.54. The van der Waals surface area contributed by atoms with Crippen LogP contribution in [-0.2, 0) is 9.53 Å². The van der Waals surface area contributed by atoms with E-state index in [1.54, 1.807) is 0 Å². The number of hydrogen-bond acceptors (Lipinski definition) is 3. The molecule has 1 aliphatic carbocycles. The van der Waals surface area contributed by atoms with E-state index in [4.69, 9.17) is 4.74 Å². The monoisotopic (exact) mass is 253 g/mol. The van der Waals surface area contributed by atoms with Gasteiger partial charge in [0.1, 0.15) is 11.6 Å². The van der Waals surface area contributed by atoms with E-state index in [0.29, 0.717) is 0 Å². The van der Waals surface area contributed by atoms with Crippen molar-refractivity contribution in [2.24, 2.45) is 5.92 Å². The summed E-state index contributed by atoms with van der Waals surface area (Å²) < 4.78 is 5.76. The van der Waals surface area contributed by atoms with Crippen LogP contribution in [0.15, 0.2) is 0 Å². The maximum Gasteiger partial charge on any atom is 0.326 e. The molecule has 1 saturated heterocycles. The van der Waals surface area contributed by atoms with E-state index in [1.807, 2.05) is 6.92 Å². The zero-order valence-corrected chi connectivity index (χ0v) is 11.8. The molecule has 2 aliphatic rings. The molecule has 1 saturated carbocycles. The maximum absolute atomic E-state index is 12.3. The van der Waals surface area contributed by atoms with Crippen LogP contribution in [0.5, 0.6) is 0 Å². The van der Waals surface area contributed by atoms with Gasteiger partial charge in [-0.1, -0.05) is 19.8 Å². The third kappa shape index (κ3) is 3.25. The minimum Gasteiger partial charge on any atom is -0.461 e. The normalized spacial score (nSPS) is 37.2. The van der Waals surface area contributed by atoms with Gasteiger partial charge in [0.25, 0.3) is 0 Å². The second-order valence-corrected chi connectivity index (χ2v) is 6.18. The second kappa shape index (κ2) is 6.05. The molecule has 3 atom stereocenters. The topological polar surface area (TPSA) is 38.3 Å². The van der Waals surface area contributed by atoms with Crippen molar-refractivity contribution in [2.75, 3.05) is 6.54 Å². The molecule has 0 aromatic rings.